The number of fused-ring (bicyclic) bond motifs is 6. The van der Waals surface area contributed by atoms with Gasteiger partial charge in [-0.3, -0.25) is 0 Å². The van der Waals surface area contributed by atoms with Gasteiger partial charge in [0.25, 0.3) is 0 Å². The molecule has 4 bridgehead atoms. The number of benzene rings is 2. The van der Waals surface area contributed by atoms with E-state index in [1.165, 1.54) is 21.3 Å². The summed E-state index contributed by atoms with van der Waals surface area (Å²) in [5.41, 5.74) is 3.48. The summed E-state index contributed by atoms with van der Waals surface area (Å²) < 4.78 is 47.5. The highest BCUT2D eigenvalue weighted by Crippen LogP contribution is 2.64. The molecule has 3 fully saturated rings. The Morgan fingerprint density at radius 3 is 2.62 bits per heavy atom. The van der Waals surface area contributed by atoms with Crippen molar-refractivity contribution in [3.8, 4) is 17.2 Å². The Hall–Kier alpha value is -2.18. The lowest BCUT2D eigenvalue weighted by molar-refractivity contribution is -0.395. The van der Waals surface area contributed by atoms with Gasteiger partial charge in [0.15, 0.2) is 6.10 Å². The third kappa shape index (κ3) is 2.89. The van der Waals surface area contributed by atoms with E-state index in [2.05, 4.69) is 0 Å². The van der Waals surface area contributed by atoms with Crippen molar-refractivity contribution in [2.24, 2.45) is 5.92 Å². The molecular formula is C27H32O10. The summed E-state index contributed by atoms with van der Waals surface area (Å²) in [6.07, 6.45) is 0.756. The predicted octanol–water partition coefficient (Wildman–Crippen LogP) is 2.77. The van der Waals surface area contributed by atoms with E-state index < -0.39 is 30.1 Å². The van der Waals surface area contributed by atoms with E-state index in [-0.39, 0.29) is 30.5 Å². The molecule has 10 nitrogen and oxygen atoms in total. The van der Waals surface area contributed by atoms with Crippen LogP contribution in [0.5, 0.6) is 17.2 Å². The van der Waals surface area contributed by atoms with Gasteiger partial charge in [-0.2, -0.15) is 0 Å². The minimum absolute atomic E-state index is 0.0860. The quantitative estimate of drug-likeness (QED) is 0.454. The second-order valence-corrected chi connectivity index (χ2v) is 10.6. The van der Waals surface area contributed by atoms with E-state index in [0.717, 1.165) is 46.9 Å². The van der Waals surface area contributed by atoms with Gasteiger partial charge in [0.05, 0.1) is 31.1 Å². The topological polar surface area (TPSA) is 118 Å². The molecule has 37 heavy (non-hydrogen) atoms. The zero-order chi connectivity index (χ0) is 25.9. The second kappa shape index (κ2) is 7.92. The van der Waals surface area contributed by atoms with E-state index in [1.807, 2.05) is 13.0 Å². The van der Waals surface area contributed by atoms with Crippen LogP contribution in [0.15, 0.2) is 6.07 Å². The summed E-state index contributed by atoms with van der Waals surface area (Å²) in [6, 6.07) is 2.02. The first-order valence-electron chi connectivity index (χ1n) is 12.7. The van der Waals surface area contributed by atoms with Gasteiger partial charge in [0, 0.05) is 49.3 Å². The molecule has 2 N–H and O–H groups in total. The van der Waals surface area contributed by atoms with Crippen molar-refractivity contribution in [3.63, 3.8) is 0 Å². The highest BCUT2D eigenvalue weighted by Gasteiger charge is 2.72. The van der Waals surface area contributed by atoms with E-state index in [1.54, 1.807) is 7.11 Å². The number of hydrogen-bond donors (Lipinski definition) is 2. The Balaban J connectivity index is 1.51. The van der Waals surface area contributed by atoms with E-state index in [0.29, 0.717) is 16.9 Å². The number of methoxy groups -OCH3 is 4. The smallest absolute Gasteiger partial charge is 0.355 e. The van der Waals surface area contributed by atoms with Crippen LogP contribution in [0.1, 0.15) is 47.1 Å². The number of phenolic OH excluding ortho intramolecular Hbond substituents is 1. The molecule has 1 aliphatic carbocycles. The van der Waals surface area contributed by atoms with Crippen LogP contribution in [0.4, 0.5) is 0 Å². The average molecular weight is 517 g/mol. The summed E-state index contributed by atoms with van der Waals surface area (Å²) in [7, 11) is 6.02. The first kappa shape index (κ1) is 23.9. The van der Waals surface area contributed by atoms with Gasteiger partial charge in [0.2, 0.25) is 12.1 Å². The van der Waals surface area contributed by atoms with Crippen molar-refractivity contribution in [2.75, 3.05) is 35.0 Å². The maximum atomic E-state index is 11.8. The monoisotopic (exact) mass is 516 g/mol. The minimum Gasteiger partial charge on any atom is -0.507 e. The van der Waals surface area contributed by atoms with Crippen LogP contribution in [0.2, 0.25) is 0 Å². The van der Waals surface area contributed by atoms with E-state index >= 15 is 0 Å². The standard InChI is InChI=1S/C27H32O10/c1-11-9-13-18(20(28)17-12(21(13)30-2)7-6-8-15-22(17)35-15)23-16(11)19-14-10-34-27(33-5,36-23)24(19)37-26(14,29)25(31-3)32-4/h9,14-15,19,22,24-25,28-29H,6-8,10H2,1-5H3. The molecule has 7 rings (SSSR count). The summed E-state index contributed by atoms with van der Waals surface area (Å²) in [5, 5.41) is 24.8. The predicted molar refractivity (Wildman–Crippen MR) is 128 cm³/mol. The normalized spacial score (nSPS) is 37.0. The van der Waals surface area contributed by atoms with E-state index in [9.17, 15) is 10.2 Å². The molecule has 7 atom stereocenters. The largest absolute Gasteiger partial charge is 0.507 e. The van der Waals surface area contributed by atoms with Crippen molar-refractivity contribution < 1.29 is 48.1 Å². The van der Waals surface area contributed by atoms with E-state index in [4.69, 9.17) is 37.9 Å². The molecule has 10 heteroatoms. The molecule has 0 amide bonds. The van der Waals surface area contributed by atoms with Crippen molar-refractivity contribution in [2.45, 2.75) is 68.5 Å². The Morgan fingerprint density at radius 1 is 1.14 bits per heavy atom. The number of phenols is 1. The summed E-state index contributed by atoms with van der Waals surface area (Å²) in [5.74, 6) is -3.12. The Kier molecular flexibility index (Phi) is 5.12. The maximum Gasteiger partial charge on any atom is 0.355 e. The van der Waals surface area contributed by atoms with Gasteiger partial charge in [-0.15, -0.1) is 0 Å². The lowest BCUT2D eigenvalue weighted by Crippen LogP contribution is -2.59. The Labute approximate surface area is 214 Å². The number of epoxide rings is 1. The van der Waals surface area contributed by atoms with Crippen molar-refractivity contribution in [1.29, 1.82) is 0 Å². The van der Waals surface area contributed by atoms with Gasteiger partial charge < -0.3 is 48.1 Å². The molecule has 3 saturated heterocycles. The number of rotatable bonds is 5. The van der Waals surface area contributed by atoms with Gasteiger partial charge >= 0.3 is 5.97 Å². The van der Waals surface area contributed by atoms with Crippen LogP contribution >= 0.6 is 0 Å². The molecule has 0 radical (unpaired) electrons. The number of hydrogen-bond acceptors (Lipinski definition) is 10. The molecule has 0 aromatic heterocycles. The zero-order valence-electron chi connectivity index (χ0n) is 21.5. The number of aromatic hydroxyl groups is 1. The van der Waals surface area contributed by atoms with Crippen LogP contribution < -0.4 is 9.47 Å². The summed E-state index contributed by atoms with van der Waals surface area (Å²) in [4.78, 5) is 0. The molecule has 4 heterocycles. The highest BCUT2D eigenvalue weighted by atomic mass is 16.9. The lowest BCUT2D eigenvalue weighted by Gasteiger charge is -2.47. The maximum absolute atomic E-state index is 11.8. The Bertz CT molecular complexity index is 1290. The molecule has 0 saturated carbocycles. The molecule has 5 aliphatic rings. The first-order valence-corrected chi connectivity index (χ1v) is 12.7. The molecule has 200 valence electrons. The molecule has 2 aromatic carbocycles. The molecule has 4 aliphatic heterocycles. The van der Waals surface area contributed by atoms with Gasteiger partial charge in [0.1, 0.15) is 23.4 Å². The minimum atomic E-state index is -1.81. The van der Waals surface area contributed by atoms with Crippen LogP contribution in [0, 0.1) is 12.8 Å². The fourth-order valence-electron chi connectivity index (χ4n) is 7.28. The van der Waals surface area contributed by atoms with Crippen LogP contribution in [-0.4, -0.2) is 75.5 Å². The summed E-state index contributed by atoms with van der Waals surface area (Å²) in [6.45, 7) is 2.07. The second-order valence-electron chi connectivity index (χ2n) is 10.6. The van der Waals surface area contributed by atoms with Crippen molar-refractivity contribution in [1.82, 2.24) is 0 Å². The van der Waals surface area contributed by atoms with Crippen LogP contribution in [0.25, 0.3) is 10.8 Å². The van der Waals surface area contributed by atoms with Crippen LogP contribution in [-0.2, 0) is 34.8 Å². The number of ether oxygens (including phenoxy) is 8. The van der Waals surface area contributed by atoms with Gasteiger partial charge in [-0.25, -0.2) is 0 Å². The molecule has 7 unspecified atom stereocenters. The zero-order valence-corrected chi connectivity index (χ0v) is 21.5. The molecule has 0 spiro atoms. The Morgan fingerprint density at radius 2 is 1.92 bits per heavy atom. The van der Waals surface area contributed by atoms with Crippen LogP contribution in [0.3, 0.4) is 0 Å². The summed E-state index contributed by atoms with van der Waals surface area (Å²) >= 11 is 0. The number of aryl methyl sites for hydroxylation is 1. The van der Waals surface area contributed by atoms with Gasteiger partial charge in [-0.05, 0) is 37.8 Å². The fraction of sp³-hybridized carbons (Fsp3) is 0.630. The van der Waals surface area contributed by atoms with Crippen molar-refractivity contribution in [3.05, 3.63) is 28.3 Å². The average Bonchev–Trinajstić information content (AvgIpc) is 3.61. The molecular weight excluding hydrogens is 484 g/mol. The molecule has 2 aromatic rings. The third-order valence-electron chi connectivity index (χ3n) is 8.90. The first-order chi connectivity index (χ1) is 17.8. The van der Waals surface area contributed by atoms with Crippen molar-refractivity contribution >= 4 is 10.8 Å². The third-order valence-corrected chi connectivity index (χ3v) is 8.90. The lowest BCUT2D eigenvalue weighted by atomic mass is 9.74. The fourth-order valence-corrected chi connectivity index (χ4v) is 7.28. The highest BCUT2D eigenvalue weighted by molar-refractivity contribution is 6.02. The number of aliphatic hydroxyl groups is 1. The SMILES string of the molecule is COc1c2c(c(O)c3c4c(c(C)cc13)C1C3OC(O)(C(OC)OC)C1COC3(OC)O4)C1OC1CCC2. The van der Waals surface area contributed by atoms with Gasteiger partial charge in [-0.1, -0.05) is 0 Å².